The largest absolute Gasteiger partial charge is 0.255 e. The minimum atomic E-state index is 0.221. The summed E-state index contributed by atoms with van der Waals surface area (Å²) in [4.78, 5) is 0. The molecule has 1 rings (SSSR count). The summed E-state index contributed by atoms with van der Waals surface area (Å²) in [6.45, 7) is 6.61. The van der Waals surface area contributed by atoms with Crippen LogP contribution >= 0.6 is 11.6 Å². The molecule has 1 unspecified atom stereocenters. The Kier molecular flexibility index (Phi) is 3.53. The summed E-state index contributed by atoms with van der Waals surface area (Å²) < 4.78 is 1.73. The zero-order chi connectivity index (χ0) is 10.8. The first-order valence-electron chi connectivity index (χ1n) is 4.84. The second-order valence-electron chi connectivity index (χ2n) is 4.80. The molecule has 0 amide bonds. The third-order valence-electron chi connectivity index (χ3n) is 2.52. The van der Waals surface area contributed by atoms with Gasteiger partial charge in [0, 0.05) is 19.1 Å². The highest BCUT2D eigenvalue weighted by atomic mass is 35.5. The Balaban J connectivity index is 2.66. The van der Waals surface area contributed by atoms with Gasteiger partial charge in [-0.3, -0.25) is 4.68 Å². The van der Waals surface area contributed by atoms with E-state index in [4.69, 9.17) is 11.6 Å². The molecule has 0 fully saturated rings. The zero-order valence-corrected chi connectivity index (χ0v) is 10.0. The quantitative estimate of drug-likeness (QED) is 0.725. The Bertz CT molecular complexity index is 288. The normalized spacial score (nSPS) is 14.4. The van der Waals surface area contributed by atoms with Gasteiger partial charge in [-0.2, -0.15) is 0 Å². The van der Waals surface area contributed by atoms with Crippen molar-refractivity contribution in [1.29, 1.82) is 0 Å². The van der Waals surface area contributed by atoms with E-state index in [0.717, 1.165) is 12.1 Å². The van der Waals surface area contributed by atoms with Crippen molar-refractivity contribution in [2.45, 2.75) is 27.2 Å². The maximum absolute atomic E-state index is 5.95. The summed E-state index contributed by atoms with van der Waals surface area (Å²) in [5.74, 6) is 1.11. The molecule has 1 heterocycles. The number of rotatable bonds is 3. The molecule has 0 saturated heterocycles. The third-order valence-corrected chi connectivity index (χ3v) is 2.89. The number of alkyl halides is 1. The van der Waals surface area contributed by atoms with Crippen LogP contribution in [0.1, 0.15) is 26.5 Å². The van der Waals surface area contributed by atoms with Crippen molar-refractivity contribution in [1.82, 2.24) is 15.0 Å². The Hall–Kier alpha value is -0.570. The van der Waals surface area contributed by atoms with Gasteiger partial charge in [-0.1, -0.05) is 26.0 Å². The molecule has 80 valence electrons. The summed E-state index contributed by atoms with van der Waals surface area (Å²) in [5, 5.41) is 7.98. The molecule has 0 saturated carbocycles. The number of aromatic nitrogens is 3. The van der Waals surface area contributed by atoms with Gasteiger partial charge in [0.25, 0.3) is 0 Å². The van der Waals surface area contributed by atoms with E-state index in [1.807, 2.05) is 13.2 Å². The molecule has 0 aromatic carbocycles. The molecule has 0 aliphatic carbocycles. The Morgan fingerprint density at radius 3 is 2.50 bits per heavy atom. The molecule has 0 aliphatic heterocycles. The molecule has 1 aromatic heterocycles. The van der Waals surface area contributed by atoms with E-state index in [1.165, 1.54) is 0 Å². The third kappa shape index (κ3) is 2.98. The van der Waals surface area contributed by atoms with Crippen molar-refractivity contribution in [3.05, 3.63) is 11.9 Å². The molecule has 4 heteroatoms. The van der Waals surface area contributed by atoms with Crippen LogP contribution in [0.3, 0.4) is 0 Å². The van der Waals surface area contributed by atoms with Crippen LogP contribution < -0.4 is 0 Å². The highest BCUT2D eigenvalue weighted by molar-refractivity contribution is 6.18. The minimum absolute atomic E-state index is 0.221. The van der Waals surface area contributed by atoms with E-state index < -0.39 is 0 Å². The fourth-order valence-corrected chi connectivity index (χ4v) is 1.91. The first kappa shape index (κ1) is 11.5. The molecule has 0 aliphatic rings. The van der Waals surface area contributed by atoms with Gasteiger partial charge in [-0.15, -0.1) is 16.7 Å². The molecule has 0 radical (unpaired) electrons. The van der Waals surface area contributed by atoms with Crippen molar-refractivity contribution in [2.24, 2.45) is 18.4 Å². The summed E-state index contributed by atoms with van der Waals surface area (Å²) in [5.41, 5.74) is 1.24. The monoisotopic (exact) mass is 215 g/mol. The average molecular weight is 216 g/mol. The van der Waals surface area contributed by atoms with E-state index in [-0.39, 0.29) is 5.41 Å². The summed E-state index contributed by atoms with van der Waals surface area (Å²) in [6, 6.07) is 0. The maximum Gasteiger partial charge on any atom is 0.0830 e. The van der Waals surface area contributed by atoms with Gasteiger partial charge >= 0.3 is 0 Å². The second kappa shape index (κ2) is 4.30. The van der Waals surface area contributed by atoms with E-state index in [9.17, 15) is 0 Å². The second-order valence-corrected chi connectivity index (χ2v) is 5.11. The van der Waals surface area contributed by atoms with Crippen LogP contribution in [0.15, 0.2) is 6.20 Å². The van der Waals surface area contributed by atoms with Crippen LogP contribution in [0.4, 0.5) is 0 Å². The summed E-state index contributed by atoms with van der Waals surface area (Å²) in [6.07, 6.45) is 2.85. The molecule has 0 N–H and O–H groups in total. The molecule has 1 aromatic rings. The molecule has 1 atom stereocenters. The molecular weight excluding hydrogens is 198 g/mol. The first-order chi connectivity index (χ1) is 6.43. The molecule has 3 nitrogen and oxygen atoms in total. The van der Waals surface area contributed by atoms with Gasteiger partial charge in [0.15, 0.2) is 0 Å². The van der Waals surface area contributed by atoms with Crippen molar-refractivity contribution in [3.63, 3.8) is 0 Å². The predicted octanol–water partition coefficient (Wildman–Crippen LogP) is 2.26. The number of hydrogen-bond donors (Lipinski definition) is 0. The summed E-state index contributed by atoms with van der Waals surface area (Å²) in [7, 11) is 1.88. The standard InChI is InChI=1S/C10H18ClN3/c1-10(2,3)8(6-11)5-9-7-14(4)13-12-9/h7-8H,5-6H2,1-4H3. The fraction of sp³-hybridized carbons (Fsp3) is 0.800. The van der Waals surface area contributed by atoms with E-state index in [2.05, 4.69) is 31.1 Å². The number of aryl methyl sites for hydroxylation is 1. The van der Waals surface area contributed by atoms with Crippen molar-refractivity contribution in [2.75, 3.05) is 5.88 Å². The number of nitrogens with zero attached hydrogens (tertiary/aromatic N) is 3. The van der Waals surface area contributed by atoms with Crippen molar-refractivity contribution < 1.29 is 0 Å². The van der Waals surface area contributed by atoms with Crippen molar-refractivity contribution >= 4 is 11.6 Å². The van der Waals surface area contributed by atoms with Crippen LogP contribution in [-0.2, 0) is 13.5 Å². The van der Waals surface area contributed by atoms with E-state index in [0.29, 0.717) is 11.8 Å². The highest BCUT2D eigenvalue weighted by Gasteiger charge is 2.24. The van der Waals surface area contributed by atoms with Crippen molar-refractivity contribution in [3.8, 4) is 0 Å². The maximum atomic E-state index is 5.95. The van der Waals surface area contributed by atoms with Crippen LogP contribution in [0.5, 0.6) is 0 Å². The van der Waals surface area contributed by atoms with Gasteiger partial charge in [0.05, 0.1) is 5.69 Å². The predicted molar refractivity (Wildman–Crippen MR) is 58.4 cm³/mol. The van der Waals surface area contributed by atoms with Crippen LogP contribution in [0.2, 0.25) is 0 Å². The van der Waals surface area contributed by atoms with Crippen LogP contribution in [0.25, 0.3) is 0 Å². The Morgan fingerprint density at radius 1 is 1.50 bits per heavy atom. The van der Waals surface area contributed by atoms with Gasteiger partial charge < -0.3 is 0 Å². The minimum Gasteiger partial charge on any atom is -0.255 e. The molecule has 0 bridgehead atoms. The molecular formula is C10H18ClN3. The zero-order valence-electron chi connectivity index (χ0n) is 9.29. The Morgan fingerprint density at radius 2 is 2.14 bits per heavy atom. The lowest BCUT2D eigenvalue weighted by Gasteiger charge is -2.28. The average Bonchev–Trinajstić information content (AvgIpc) is 2.45. The topological polar surface area (TPSA) is 30.7 Å². The van der Waals surface area contributed by atoms with E-state index in [1.54, 1.807) is 4.68 Å². The number of halogens is 1. The fourth-order valence-electron chi connectivity index (χ4n) is 1.33. The molecule has 14 heavy (non-hydrogen) atoms. The van der Waals surface area contributed by atoms with Gasteiger partial charge in [-0.25, -0.2) is 0 Å². The van der Waals surface area contributed by atoms with Crippen LogP contribution in [-0.4, -0.2) is 20.9 Å². The van der Waals surface area contributed by atoms with Crippen LogP contribution in [0, 0.1) is 11.3 Å². The summed E-state index contributed by atoms with van der Waals surface area (Å²) >= 11 is 5.95. The van der Waals surface area contributed by atoms with Gasteiger partial charge in [-0.05, 0) is 17.8 Å². The smallest absolute Gasteiger partial charge is 0.0830 e. The lowest BCUT2D eigenvalue weighted by atomic mass is 9.79. The number of hydrogen-bond acceptors (Lipinski definition) is 2. The van der Waals surface area contributed by atoms with Gasteiger partial charge in [0.2, 0.25) is 0 Å². The van der Waals surface area contributed by atoms with E-state index >= 15 is 0 Å². The first-order valence-corrected chi connectivity index (χ1v) is 5.38. The SMILES string of the molecule is Cn1cc(CC(CCl)C(C)(C)C)nn1. The lowest BCUT2D eigenvalue weighted by Crippen LogP contribution is -2.24. The Labute approximate surface area is 90.4 Å². The van der Waals surface area contributed by atoms with Gasteiger partial charge in [0.1, 0.15) is 0 Å². The lowest BCUT2D eigenvalue weighted by molar-refractivity contribution is 0.262. The highest BCUT2D eigenvalue weighted by Crippen LogP contribution is 2.29. The molecule has 0 spiro atoms.